The summed E-state index contributed by atoms with van der Waals surface area (Å²) in [6.45, 7) is 2.16. The molecule has 0 aliphatic heterocycles. The maximum Gasteiger partial charge on any atom is 0.291 e. The fourth-order valence-corrected chi connectivity index (χ4v) is 4.51. The molecule has 0 saturated heterocycles. The molecule has 5 aromatic heterocycles. The fraction of sp³-hybridized carbons (Fsp3) is 0.211. The zero-order valence-electron chi connectivity index (χ0n) is 15.9. The number of nitrogens with one attached hydrogen (secondary N) is 1. The number of nitrogens with two attached hydrogens (primary N) is 1. The van der Waals surface area contributed by atoms with Crippen LogP contribution in [0.5, 0.6) is 0 Å². The van der Waals surface area contributed by atoms with Crippen LogP contribution in [0, 0.1) is 6.92 Å². The fourth-order valence-electron chi connectivity index (χ4n) is 3.39. The number of aromatic nitrogens is 7. The predicted molar refractivity (Wildman–Crippen MR) is 112 cm³/mol. The second-order valence-corrected chi connectivity index (χ2v) is 8.02. The topological polar surface area (TPSA) is 120 Å². The Hall–Kier alpha value is -3.53. The number of pyridine rings is 1. The van der Waals surface area contributed by atoms with Crippen molar-refractivity contribution >= 4 is 38.4 Å². The zero-order valence-corrected chi connectivity index (χ0v) is 16.7. The van der Waals surface area contributed by atoms with E-state index in [2.05, 4.69) is 20.3 Å². The van der Waals surface area contributed by atoms with E-state index in [0.717, 1.165) is 32.0 Å². The third-order valence-electron chi connectivity index (χ3n) is 4.97. The Labute approximate surface area is 168 Å². The molecule has 146 valence electrons. The van der Waals surface area contributed by atoms with Crippen molar-refractivity contribution in [3.05, 3.63) is 62.9 Å². The zero-order chi connectivity index (χ0) is 20.1. The van der Waals surface area contributed by atoms with Crippen molar-refractivity contribution < 1.29 is 0 Å². The van der Waals surface area contributed by atoms with Gasteiger partial charge in [-0.15, -0.1) is 11.3 Å². The van der Waals surface area contributed by atoms with Crippen LogP contribution in [0.15, 0.2) is 35.4 Å². The number of anilines is 1. The summed E-state index contributed by atoms with van der Waals surface area (Å²) in [5.74, 6) is 0.463. The van der Waals surface area contributed by atoms with Crippen LogP contribution in [0.2, 0.25) is 0 Å². The van der Waals surface area contributed by atoms with E-state index in [1.807, 2.05) is 36.7 Å². The summed E-state index contributed by atoms with van der Waals surface area (Å²) >= 11 is 1.57. The minimum atomic E-state index is -0.176. The molecule has 5 heterocycles. The lowest BCUT2D eigenvalue weighted by Crippen LogP contribution is -2.25. The van der Waals surface area contributed by atoms with Gasteiger partial charge in [-0.2, -0.15) is 10.2 Å². The number of nitrogen functional groups attached to an aromatic ring is 1. The van der Waals surface area contributed by atoms with E-state index in [9.17, 15) is 4.79 Å². The van der Waals surface area contributed by atoms with Crippen LogP contribution in [0.4, 0.5) is 5.82 Å². The summed E-state index contributed by atoms with van der Waals surface area (Å²) in [7, 11) is 1.86. The second kappa shape index (κ2) is 6.52. The first kappa shape index (κ1) is 17.6. The predicted octanol–water partition coefficient (Wildman–Crippen LogP) is 1.99. The molecule has 0 amide bonds. The third-order valence-corrected chi connectivity index (χ3v) is 6.04. The number of rotatable bonds is 4. The van der Waals surface area contributed by atoms with Gasteiger partial charge in [-0.25, -0.2) is 14.6 Å². The molecular weight excluding hydrogens is 388 g/mol. The lowest BCUT2D eigenvalue weighted by atomic mass is 10.2. The number of aryl methyl sites for hydroxylation is 2. The van der Waals surface area contributed by atoms with Crippen LogP contribution in [0.3, 0.4) is 0 Å². The van der Waals surface area contributed by atoms with Crippen molar-refractivity contribution in [3.63, 3.8) is 0 Å². The smallest absolute Gasteiger partial charge is 0.291 e. The second-order valence-electron chi connectivity index (χ2n) is 6.94. The summed E-state index contributed by atoms with van der Waals surface area (Å²) in [6, 6.07) is 5.68. The number of thiazole rings is 1. The third kappa shape index (κ3) is 2.88. The molecule has 0 bridgehead atoms. The van der Waals surface area contributed by atoms with E-state index in [-0.39, 0.29) is 12.1 Å². The normalized spacial score (nSPS) is 11.7. The van der Waals surface area contributed by atoms with E-state index in [1.54, 1.807) is 23.7 Å². The molecule has 3 N–H and O–H groups in total. The first-order valence-corrected chi connectivity index (χ1v) is 9.87. The average molecular weight is 406 g/mol. The molecule has 0 unspecified atom stereocenters. The Morgan fingerprint density at radius 1 is 1.21 bits per heavy atom. The van der Waals surface area contributed by atoms with Crippen molar-refractivity contribution in [1.29, 1.82) is 0 Å². The number of hydrogen-bond acceptors (Lipinski definition) is 7. The van der Waals surface area contributed by atoms with Gasteiger partial charge in [-0.05, 0) is 24.6 Å². The number of aromatic amines is 1. The monoisotopic (exact) mass is 406 g/mol. The largest absolute Gasteiger partial charge is 0.383 e. The first-order valence-electron chi connectivity index (χ1n) is 9.06. The molecule has 5 rings (SSSR count). The van der Waals surface area contributed by atoms with Crippen molar-refractivity contribution in [2.24, 2.45) is 7.05 Å². The first-order chi connectivity index (χ1) is 14.0. The van der Waals surface area contributed by atoms with Gasteiger partial charge < -0.3 is 10.3 Å². The minimum absolute atomic E-state index is 0.176. The van der Waals surface area contributed by atoms with Gasteiger partial charge in [0, 0.05) is 25.1 Å². The molecule has 0 radical (unpaired) electrons. The summed E-state index contributed by atoms with van der Waals surface area (Å²) in [4.78, 5) is 22.2. The molecule has 0 aromatic carbocycles. The molecule has 10 heteroatoms. The van der Waals surface area contributed by atoms with Gasteiger partial charge in [-0.3, -0.25) is 9.89 Å². The quantitative estimate of drug-likeness (QED) is 0.471. The number of H-pyrrole nitrogens is 1. The Kier molecular flexibility index (Phi) is 3.95. The number of hydrogen-bond donors (Lipinski definition) is 2. The molecule has 29 heavy (non-hydrogen) atoms. The van der Waals surface area contributed by atoms with Gasteiger partial charge in [0.2, 0.25) is 0 Å². The van der Waals surface area contributed by atoms with Crippen LogP contribution < -0.4 is 11.3 Å². The molecule has 5 aromatic rings. The van der Waals surface area contributed by atoms with Gasteiger partial charge in [-0.1, -0.05) is 6.07 Å². The highest BCUT2D eigenvalue weighted by molar-refractivity contribution is 7.19. The van der Waals surface area contributed by atoms with Crippen LogP contribution in [-0.2, 0) is 20.0 Å². The van der Waals surface area contributed by atoms with E-state index in [0.29, 0.717) is 23.4 Å². The van der Waals surface area contributed by atoms with Crippen molar-refractivity contribution in [2.75, 3.05) is 5.73 Å². The molecule has 0 aliphatic rings. The Morgan fingerprint density at radius 3 is 2.83 bits per heavy atom. The molecule has 0 aliphatic carbocycles. The number of nitrogens with zero attached hydrogens (tertiary/aromatic N) is 6. The molecule has 0 saturated carbocycles. The molecule has 0 fully saturated rings. The summed E-state index contributed by atoms with van der Waals surface area (Å²) in [5.41, 5.74) is 9.61. The maximum atomic E-state index is 13.1. The Morgan fingerprint density at radius 2 is 2.07 bits per heavy atom. The summed E-state index contributed by atoms with van der Waals surface area (Å²) < 4.78 is 4.21. The van der Waals surface area contributed by atoms with Crippen LogP contribution in [-0.4, -0.2) is 34.5 Å². The Bertz CT molecular complexity index is 1410. The summed E-state index contributed by atoms with van der Waals surface area (Å²) in [5, 5.41) is 13.1. The van der Waals surface area contributed by atoms with E-state index < -0.39 is 0 Å². The molecule has 0 atom stereocenters. The van der Waals surface area contributed by atoms with Crippen molar-refractivity contribution in [1.82, 2.24) is 34.5 Å². The molecule has 9 nitrogen and oxygen atoms in total. The van der Waals surface area contributed by atoms with Gasteiger partial charge >= 0.3 is 0 Å². The maximum absolute atomic E-state index is 13.1. The van der Waals surface area contributed by atoms with Crippen LogP contribution >= 0.6 is 11.3 Å². The van der Waals surface area contributed by atoms with E-state index in [1.165, 1.54) is 4.68 Å². The van der Waals surface area contributed by atoms with Gasteiger partial charge in [0.1, 0.15) is 16.3 Å². The van der Waals surface area contributed by atoms with Gasteiger partial charge in [0.25, 0.3) is 5.56 Å². The van der Waals surface area contributed by atoms with Crippen molar-refractivity contribution in [2.45, 2.75) is 19.9 Å². The summed E-state index contributed by atoms with van der Waals surface area (Å²) in [6.07, 6.45) is 4.17. The average Bonchev–Trinajstić information content (AvgIpc) is 3.40. The lowest BCUT2D eigenvalue weighted by molar-refractivity contribution is 0.633. The van der Waals surface area contributed by atoms with E-state index >= 15 is 0 Å². The van der Waals surface area contributed by atoms with Gasteiger partial charge in [0.15, 0.2) is 5.65 Å². The number of fused-ring (bicyclic) bond motifs is 3. The van der Waals surface area contributed by atoms with Crippen LogP contribution in [0.1, 0.15) is 22.0 Å². The SMILES string of the molecule is Cc1ccc(Cn2ncc3c4sc(Cc5cc[nH]n5)nc4n(C)c3c2=O)nc1N. The van der Waals surface area contributed by atoms with Crippen molar-refractivity contribution in [3.8, 4) is 0 Å². The van der Waals surface area contributed by atoms with E-state index in [4.69, 9.17) is 10.7 Å². The highest BCUT2D eigenvalue weighted by atomic mass is 32.1. The lowest BCUT2D eigenvalue weighted by Gasteiger charge is -2.07. The molecular formula is C19H18N8OS. The van der Waals surface area contributed by atoms with Gasteiger partial charge in [0.05, 0.1) is 28.8 Å². The highest BCUT2D eigenvalue weighted by Crippen LogP contribution is 2.31. The standard InChI is InChI=1S/C19H18N8OS/c1-10-3-4-12(23-17(10)20)9-27-19(28)15-13(8-22-27)16-18(26(15)2)24-14(29-16)7-11-5-6-21-25-11/h3-6,8H,7,9H2,1-2H3,(H2,20,23)(H,21,25). The minimum Gasteiger partial charge on any atom is -0.383 e. The Balaban J connectivity index is 1.57. The highest BCUT2D eigenvalue weighted by Gasteiger charge is 2.18. The van der Waals surface area contributed by atoms with Crippen LogP contribution in [0.25, 0.3) is 21.3 Å². The molecule has 0 spiro atoms.